The number of hydrogen-bond acceptors (Lipinski definition) is 7. The lowest BCUT2D eigenvalue weighted by atomic mass is 10.1. The maximum Gasteiger partial charge on any atom is 0.247 e. The third-order valence-electron chi connectivity index (χ3n) is 6.06. The molecule has 34 heavy (non-hydrogen) atoms. The van der Waals surface area contributed by atoms with Crippen molar-refractivity contribution in [1.29, 1.82) is 0 Å². The molecule has 0 bridgehead atoms. The number of nitrogens with zero attached hydrogens (tertiary/aromatic N) is 5. The summed E-state index contributed by atoms with van der Waals surface area (Å²) in [7, 11) is 1.42. The summed E-state index contributed by atoms with van der Waals surface area (Å²) in [5, 5.41) is 10.8. The molecule has 0 N–H and O–H groups in total. The molecule has 0 amide bonds. The van der Waals surface area contributed by atoms with Gasteiger partial charge in [0.05, 0.1) is 25.6 Å². The molecule has 5 rings (SSSR count). The Balaban J connectivity index is 1.52. The molecule has 176 valence electrons. The van der Waals surface area contributed by atoms with Crippen LogP contribution in [0.4, 0.5) is 15.8 Å². The Morgan fingerprint density at radius 1 is 1.09 bits per heavy atom. The van der Waals surface area contributed by atoms with Crippen molar-refractivity contribution in [3.63, 3.8) is 0 Å². The van der Waals surface area contributed by atoms with E-state index in [-0.39, 0.29) is 22.6 Å². The highest BCUT2D eigenvalue weighted by molar-refractivity contribution is 5.67. The Morgan fingerprint density at radius 2 is 1.94 bits per heavy atom. The topological polar surface area (TPSA) is 72.2 Å². The number of methoxy groups -OCH3 is 1. The minimum atomic E-state index is -0.436. The Morgan fingerprint density at radius 3 is 2.74 bits per heavy atom. The van der Waals surface area contributed by atoms with Gasteiger partial charge in [-0.25, -0.2) is 9.07 Å². The van der Waals surface area contributed by atoms with E-state index in [0.717, 1.165) is 24.3 Å². The van der Waals surface area contributed by atoms with Gasteiger partial charge in [0.2, 0.25) is 5.43 Å². The second kappa shape index (κ2) is 9.64. The average Bonchev–Trinajstić information content (AvgIpc) is 3.19. The quantitative estimate of drug-likeness (QED) is 0.576. The normalized spacial score (nSPS) is 18.2. The second-order valence-electron chi connectivity index (χ2n) is 8.17. The van der Waals surface area contributed by atoms with Crippen molar-refractivity contribution >= 4 is 17.6 Å². The Labute approximate surface area is 196 Å². The second-order valence-corrected chi connectivity index (χ2v) is 8.17. The molecule has 1 fully saturated rings. The maximum atomic E-state index is 15.3. The van der Waals surface area contributed by atoms with Crippen LogP contribution in [0, 0.1) is 5.82 Å². The van der Waals surface area contributed by atoms with E-state index >= 15 is 4.39 Å². The zero-order chi connectivity index (χ0) is 23.5. The lowest BCUT2D eigenvalue weighted by Gasteiger charge is -2.24. The van der Waals surface area contributed by atoms with Crippen molar-refractivity contribution in [3.05, 3.63) is 76.5 Å². The molecular weight excluding hydrogens is 437 g/mol. The first-order valence-corrected chi connectivity index (χ1v) is 11.3. The SMILES string of the molecule is COc1cn(-c2ccc(N3CCCOCC3)cc2F)nc(C2CC=NN2c2ccccc2)c1=O. The highest BCUT2D eigenvalue weighted by Gasteiger charge is 2.30. The first kappa shape index (κ1) is 22.1. The lowest BCUT2D eigenvalue weighted by Crippen LogP contribution is -2.29. The van der Waals surface area contributed by atoms with Gasteiger partial charge in [0.1, 0.15) is 17.4 Å². The summed E-state index contributed by atoms with van der Waals surface area (Å²) in [6, 6.07) is 14.2. The molecule has 0 radical (unpaired) electrons. The van der Waals surface area contributed by atoms with Gasteiger partial charge >= 0.3 is 0 Å². The number of halogens is 1. The summed E-state index contributed by atoms with van der Waals surface area (Å²) in [5.74, 6) is -0.340. The molecule has 0 spiro atoms. The van der Waals surface area contributed by atoms with E-state index in [4.69, 9.17) is 9.47 Å². The molecule has 3 aromatic rings. The highest BCUT2D eigenvalue weighted by Crippen LogP contribution is 2.32. The van der Waals surface area contributed by atoms with E-state index in [0.29, 0.717) is 26.2 Å². The average molecular weight is 464 g/mol. The first-order chi connectivity index (χ1) is 16.7. The van der Waals surface area contributed by atoms with Crippen molar-refractivity contribution in [3.8, 4) is 11.4 Å². The van der Waals surface area contributed by atoms with Crippen LogP contribution in [0.25, 0.3) is 5.69 Å². The fourth-order valence-corrected chi connectivity index (χ4v) is 4.33. The number of hydrogen-bond donors (Lipinski definition) is 0. The lowest BCUT2D eigenvalue weighted by molar-refractivity contribution is 0.152. The molecule has 1 atom stereocenters. The molecule has 1 aromatic heterocycles. The Bertz CT molecular complexity index is 1240. The molecule has 2 aliphatic heterocycles. The maximum absolute atomic E-state index is 15.3. The minimum Gasteiger partial charge on any atom is -0.491 e. The van der Waals surface area contributed by atoms with E-state index in [1.807, 2.05) is 36.4 Å². The van der Waals surface area contributed by atoms with Crippen molar-refractivity contribution < 1.29 is 13.9 Å². The highest BCUT2D eigenvalue weighted by atomic mass is 19.1. The van der Waals surface area contributed by atoms with Gasteiger partial charge in [-0.05, 0) is 36.8 Å². The standard InChI is InChI=1S/C25H26FN5O3/c1-33-23-17-30(21-9-8-19(16-20(21)26)29-12-5-14-34-15-13-29)28-24(25(23)32)22-10-11-27-31(22)18-6-3-2-4-7-18/h2-4,6-9,11,16-17,22H,5,10,12-15H2,1H3. The van der Waals surface area contributed by atoms with E-state index in [1.165, 1.54) is 24.1 Å². The first-order valence-electron chi connectivity index (χ1n) is 11.3. The smallest absolute Gasteiger partial charge is 0.247 e. The van der Waals surface area contributed by atoms with Crippen molar-refractivity contribution in [2.45, 2.75) is 18.9 Å². The number of ether oxygens (including phenoxy) is 2. The number of hydrazone groups is 1. The van der Waals surface area contributed by atoms with Crippen LogP contribution >= 0.6 is 0 Å². The van der Waals surface area contributed by atoms with E-state index < -0.39 is 11.9 Å². The van der Waals surface area contributed by atoms with Crippen LogP contribution < -0.4 is 20.1 Å². The number of rotatable bonds is 5. The monoisotopic (exact) mass is 463 g/mol. The summed E-state index contributed by atoms with van der Waals surface area (Å²) in [6.07, 6.45) is 4.57. The summed E-state index contributed by atoms with van der Waals surface area (Å²) in [5.41, 5.74) is 1.78. The number of anilines is 2. The van der Waals surface area contributed by atoms with Gasteiger partial charge in [-0.3, -0.25) is 9.80 Å². The van der Waals surface area contributed by atoms with E-state index in [9.17, 15) is 4.79 Å². The molecule has 1 unspecified atom stereocenters. The predicted molar refractivity (Wildman–Crippen MR) is 129 cm³/mol. The van der Waals surface area contributed by atoms with Crippen LogP contribution in [0.5, 0.6) is 5.75 Å². The van der Waals surface area contributed by atoms with E-state index in [1.54, 1.807) is 17.3 Å². The number of benzene rings is 2. The van der Waals surface area contributed by atoms with Crippen LogP contribution in [-0.4, -0.2) is 49.4 Å². The van der Waals surface area contributed by atoms with Crippen LogP contribution in [0.2, 0.25) is 0 Å². The van der Waals surface area contributed by atoms with Gasteiger partial charge in [-0.15, -0.1) is 0 Å². The molecule has 2 aliphatic rings. The summed E-state index contributed by atoms with van der Waals surface area (Å²) < 4.78 is 27.5. The molecular formula is C25H26FN5O3. The van der Waals surface area contributed by atoms with Crippen LogP contribution in [0.3, 0.4) is 0 Å². The summed E-state index contributed by atoms with van der Waals surface area (Å²) in [4.78, 5) is 15.2. The van der Waals surface area contributed by atoms with Gasteiger partial charge in [-0.1, -0.05) is 18.2 Å². The van der Waals surface area contributed by atoms with Crippen LogP contribution in [0.15, 0.2) is 64.6 Å². The van der Waals surface area contributed by atoms with Gasteiger partial charge in [0, 0.05) is 38.0 Å². The third kappa shape index (κ3) is 4.26. The molecule has 3 heterocycles. The Hall–Kier alpha value is -3.72. The predicted octanol–water partition coefficient (Wildman–Crippen LogP) is 3.54. The van der Waals surface area contributed by atoms with Gasteiger partial charge < -0.3 is 14.4 Å². The molecule has 9 heteroatoms. The zero-order valence-corrected chi connectivity index (χ0v) is 18.9. The van der Waals surface area contributed by atoms with Crippen molar-refractivity contribution in [2.75, 3.05) is 43.3 Å². The zero-order valence-electron chi connectivity index (χ0n) is 18.9. The molecule has 0 saturated carbocycles. The van der Waals surface area contributed by atoms with Gasteiger partial charge in [0.15, 0.2) is 11.6 Å². The third-order valence-corrected chi connectivity index (χ3v) is 6.06. The Kier molecular flexibility index (Phi) is 6.27. The number of para-hydroxylation sites is 1. The fraction of sp³-hybridized carbons (Fsp3) is 0.320. The van der Waals surface area contributed by atoms with Crippen molar-refractivity contribution in [2.24, 2.45) is 5.10 Å². The van der Waals surface area contributed by atoms with Crippen LogP contribution in [-0.2, 0) is 4.74 Å². The number of aromatic nitrogens is 2. The minimum absolute atomic E-state index is 0.0954. The van der Waals surface area contributed by atoms with Gasteiger partial charge in [0.25, 0.3) is 0 Å². The van der Waals surface area contributed by atoms with Crippen molar-refractivity contribution in [1.82, 2.24) is 9.78 Å². The fourth-order valence-electron chi connectivity index (χ4n) is 4.33. The molecule has 2 aromatic carbocycles. The largest absolute Gasteiger partial charge is 0.491 e. The molecule has 0 aliphatic carbocycles. The summed E-state index contributed by atoms with van der Waals surface area (Å²) in [6.45, 7) is 2.85. The molecule has 1 saturated heterocycles. The molecule has 8 nitrogen and oxygen atoms in total. The van der Waals surface area contributed by atoms with Crippen LogP contribution in [0.1, 0.15) is 24.6 Å². The van der Waals surface area contributed by atoms with E-state index in [2.05, 4.69) is 15.1 Å². The van der Waals surface area contributed by atoms with Gasteiger partial charge in [-0.2, -0.15) is 10.2 Å². The summed E-state index contributed by atoms with van der Waals surface area (Å²) >= 11 is 0.